The topological polar surface area (TPSA) is 40.7 Å². The summed E-state index contributed by atoms with van der Waals surface area (Å²) in [4.78, 5) is 1.26. The fourth-order valence-electron chi connectivity index (χ4n) is 1.48. The lowest BCUT2D eigenvalue weighted by molar-refractivity contribution is 0.581. The van der Waals surface area contributed by atoms with Crippen molar-refractivity contribution >= 4 is 22.9 Å². The van der Waals surface area contributed by atoms with Gasteiger partial charge in [-0.1, -0.05) is 11.6 Å². The smallest absolute Gasteiger partial charge is 0.0931 e. The third kappa shape index (κ3) is 2.64. The summed E-state index contributed by atoms with van der Waals surface area (Å²) in [6, 6.07) is 4.31. The zero-order valence-electron chi connectivity index (χ0n) is 9.25. The zero-order chi connectivity index (χ0) is 11.5. The van der Waals surface area contributed by atoms with E-state index >= 15 is 0 Å². The summed E-state index contributed by atoms with van der Waals surface area (Å²) in [5, 5.41) is 10.4. The van der Waals surface area contributed by atoms with Crippen LogP contribution in [0.3, 0.4) is 0 Å². The van der Waals surface area contributed by atoms with E-state index < -0.39 is 0 Å². The Hall–Kier alpha value is -0.840. The van der Waals surface area contributed by atoms with Gasteiger partial charge in [0, 0.05) is 28.7 Å². The Balaban J connectivity index is 1.93. The molecule has 0 saturated carbocycles. The second-order valence-corrected chi connectivity index (χ2v) is 5.51. The van der Waals surface area contributed by atoms with Gasteiger partial charge in [0.15, 0.2) is 0 Å². The van der Waals surface area contributed by atoms with Gasteiger partial charge in [0.05, 0.1) is 10.5 Å². The molecule has 0 saturated heterocycles. The molecule has 5 heteroatoms. The average molecular weight is 256 g/mol. The van der Waals surface area contributed by atoms with Crippen molar-refractivity contribution in [3.63, 3.8) is 0 Å². The lowest BCUT2D eigenvalue weighted by Gasteiger charge is -2.11. The predicted molar refractivity (Wildman–Crippen MR) is 67.9 cm³/mol. The van der Waals surface area contributed by atoms with E-state index in [0.29, 0.717) is 6.04 Å². The number of aryl methyl sites for hydroxylation is 1. The predicted octanol–water partition coefficient (Wildman–Crippen LogP) is 3.28. The van der Waals surface area contributed by atoms with Gasteiger partial charge in [-0.3, -0.25) is 5.10 Å². The Morgan fingerprint density at radius 1 is 1.56 bits per heavy atom. The Morgan fingerprint density at radius 3 is 2.94 bits per heavy atom. The summed E-state index contributed by atoms with van der Waals surface area (Å²) < 4.78 is 0.836. The summed E-state index contributed by atoms with van der Waals surface area (Å²) in [6.45, 7) is 4.98. The highest BCUT2D eigenvalue weighted by molar-refractivity contribution is 7.16. The molecule has 2 aromatic rings. The largest absolute Gasteiger partial charge is 0.305 e. The number of halogens is 1. The number of rotatable bonds is 4. The van der Waals surface area contributed by atoms with E-state index in [1.165, 1.54) is 10.4 Å². The van der Waals surface area contributed by atoms with Gasteiger partial charge in [-0.05, 0) is 26.0 Å². The lowest BCUT2D eigenvalue weighted by Crippen LogP contribution is -2.17. The minimum Gasteiger partial charge on any atom is -0.305 e. The maximum absolute atomic E-state index is 5.91. The van der Waals surface area contributed by atoms with Crippen molar-refractivity contribution in [2.45, 2.75) is 26.4 Å². The summed E-state index contributed by atoms with van der Waals surface area (Å²) in [5.74, 6) is 0. The van der Waals surface area contributed by atoms with Gasteiger partial charge < -0.3 is 5.32 Å². The molecule has 2 aromatic heterocycles. The summed E-state index contributed by atoms with van der Waals surface area (Å²) in [5.41, 5.74) is 2.32. The van der Waals surface area contributed by atoms with E-state index in [9.17, 15) is 0 Å². The third-order valence-corrected chi connectivity index (χ3v) is 3.97. The van der Waals surface area contributed by atoms with Gasteiger partial charge in [-0.2, -0.15) is 5.10 Å². The molecule has 0 amide bonds. The Bertz CT molecular complexity index is 463. The number of aromatic nitrogens is 2. The molecule has 0 fully saturated rings. The molecule has 0 spiro atoms. The highest BCUT2D eigenvalue weighted by Gasteiger charge is 2.08. The van der Waals surface area contributed by atoms with E-state index in [-0.39, 0.29) is 0 Å². The SMILES string of the molecule is Cc1[nH]ncc1CNC(C)c1ccc(Cl)s1. The van der Waals surface area contributed by atoms with Crippen LogP contribution < -0.4 is 5.32 Å². The first-order chi connectivity index (χ1) is 7.66. The molecule has 16 heavy (non-hydrogen) atoms. The Morgan fingerprint density at radius 2 is 2.38 bits per heavy atom. The third-order valence-electron chi connectivity index (χ3n) is 2.55. The fourth-order valence-corrected chi connectivity index (χ4v) is 2.57. The molecule has 2 N–H and O–H groups in total. The highest BCUT2D eigenvalue weighted by atomic mass is 35.5. The second kappa shape index (κ2) is 4.99. The molecule has 86 valence electrons. The molecule has 0 radical (unpaired) electrons. The number of thiophene rings is 1. The van der Waals surface area contributed by atoms with Crippen molar-refractivity contribution in [2.75, 3.05) is 0 Å². The molecule has 0 aliphatic carbocycles. The highest BCUT2D eigenvalue weighted by Crippen LogP contribution is 2.26. The quantitative estimate of drug-likeness (QED) is 0.880. The monoisotopic (exact) mass is 255 g/mol. The minimum atomic E-state index is 0.312. The Labute approximate surface area is 104 Å². The maximum atomic E-state index is 5.91. The zero-order valence-corrected chi connectivity index (χ0v) is 10.8. The van der Waals surface area contributed by atoms with Gasteiger partial charge in [0.1, 0.15) is 0 Å². The van der Waals surface area contributed by atoms with Crippen LogP contribution in [0.15, 0.2) is 18.3 Å². The number of nitrogens with zero attached hydrogens (tertiary/aromatic N) is 1. The van der Waals surface area contributed by atoms with Gasteiger partial charge in [0.2, 0.25) is 0 Å². The second-order valence-electron chi connectivity index (χ2n) is 3.76. The van der Waals surface area contributed by atoms with Crippen LogP contribution in [-0.4, -0.2) is 10.2 Å². The number of hydrogen-bond donors (Lipinski definition) is 2. The van der Waals surface area contributed by atoms with Gasteiger partial charge in [0.25, 0.3) is 0 Å². The maximum Gasteiger partial charge on any atom is 0.0931 e. The fraction of sp³-hybridized carbons (Fsp3) is 0.364. The summed E-state index contributed by atoms with van der Waals surface area (Å²) in [7, 11) is 0. The van der Waals surface area contributed by atoms with Crippen molar-refractivity contribution in [1.29, 1.82) is 0 Å². The molecule has 2 rings (SSSR count). The van der Waals surface area contributed by atoms with Crippen molar-refractivity contribution < 1.29 is 0 Å². The van der Waals surface area contributed by atoms with Crippen molar-refractivity contribution in [3.05, 3.63) is 38.8 Å². The van der Waals surface area contributed by atoms with Crippen molar-refractivity contribution in [1.82, 2.24) is 15.5 Å². The van der Waals surface area contributed by atoms with E-state index in [4.69, 9.17) is 11.6 Å². The summed E-state index contributed by atoms with van der Waals surface area (Å²) >= 11 is 7.52. The Kier molecular flexibility index (Phi) is 3.63. The molecule has 1 atom stereocenters. The molecule has 0 aromatic carbocycles. The average Bonchev–Trinajstić information content (AvgIpc) is 2.84. The van der Waals surface area contributed by atoms with Crippen LogP contribution in [0.25, 0.3) is 0 Å². The number of aromatic amines is 1. The first kappa shape index (κ1) is 11.6. The van der Waals surface area contributed by atoms with Gasteiger partial charge in [-0.15, -0.1) is 11.3 Å². The van der Waals surface area contributed by atoms with Crippen LogP contribution in [-0.2, 0) is 6.54 Å². The van der Waals surface area contributed by atoms with Crippen LogP contribution in [0.1, 0.15) is 29.1 Å². The molecule has 1 unspecified atom stereocenters. The number of H-pyrrole nitrogens is 1. The van der Waals surface area contributed by atoms with E-state index in [0.717, 1.165) is 16.6 Å². The minimum absolute atomic E-state index is 0.312. The van der Waals surface area contributed by atoms with Crippen molar-refractivity contribution in [2.24, 2.45) is 0 Å². The molecule has 3 nitrogen and oxygen atoms in total. The number of nitrogens with one attached hydrogen (secondary N) is 2. The first-order valence-electron chi connectivity index (χ1n) is 5.14. The standard InChI is InChI=1S/C11H14ClN3S/c1-7-9(6-14-15-7)5-13-8(2)10-3-4-11(12)16-10/h3-4,6,8,13H,5H2,1-2H3,(H,14,15). The van der Waals surface area contributed by atoms with Crippen molar-refractivity contribution in [3.8, 4) is 0 Å². The molecular formula is C11H14ClN3S. The normalized spacial score (nSPS) is 12.9. The van der Waals surface area contributed by atoms with E-state index in [2.05, 4.69) is 28.5 Å². The summed E-state index contributed by atoms with van der Waals surface area (Å²) in [6.07, 6.45) is 1.86. The molecular weight excluding hydrogens is 242 g/mol. The number of hydrogen-bond acceptors (Lipinski definition) is 3. The molecule has 0 aliphatic rings. The van der Waals surface area contributed by atoms with Crippen LogP contribution in [0.2, 0.25) is 4.34 Å². The van der Waals surface area contributed by atoms with Crippen LogP contribution in [0.4, 0.5) is 0 Å². The van der Waals surface area contributed by atoms with Crippen LogP contribution >= 0.6 is 22.9 Å². The van der Waals surface area contributed by atoms with Gasteiger partial charge >= 0.3 is 0 Å². The molecule has 2 heterocycles. The van der Waals surface area contributed by atoms with E-state index in [1.54, 1.807) is 11.3 Å². The van der Waals surface area contributed by atoms with E-state index in [1.807, 2.05) is 19.2 Å². The first-order valence-corrected chi connectivity index (χ1v) is 6.33. The van der Waals surface area contributed by atoms with Crippen LogP contribution in [0, 0.1) is 6.92 Å². The van der Waals surface area contributed by atoms with Gasteiger partial charge in [-0.25, -0.2) is 0 Å². The van der Waals surface area contributed by atoms with Crippen LogP contribution in [0.5, 0.6) is 0 Å². The lowest BCUT2D eigenvalue weighted by atomic mass is 10.2. The molecule has 0 bridgehead atoms. The molecule has 0 aliphatic heterocycles.